The fraction of sp³-hybridized carbons (Fsp3) is 0.647. The smallest absolute Gasteiger partial charge is 0.0668 e. The molecule has 1 aromatic carbocycles. The van der Waals surface area contributed by atoms with Crippen LogP contribution in [-0.2, 0) is 4.74 Å². The van der Waals surface area contributed by atoms with Crippen LogP contribution in [0.3, 0.4) is 0 Å². The van der Waals surface area contributed by atoms with E-state index >= 15 is 0 Å². The van der Waals surface area contributed by atoms with Crippen molar-refractivity contribution >= 4 is 0 Å². The first-order chi connectivity index (χ1) is 8.74. The topological polar surface area (TPSA) is 21.3 Å². The molecular formula is C17H29NO. The highest BCUT2D eigenvalue weighted by molar-refractivity contribution is 5.39. The summed E-state index contributed by atoms with van der Waals surface area (Å²) in [6.07, 6.45) is 0. The molecule has 0 spiro atoms. The van der Waals surface area contributed by atoms with Gasteiger partial charge in [0.2, 0.25) is 0 Å². The third kappa shape index (κ3) is 4.96. The first-order valence-corrected chi connectivity index (χ1v) is 7.19. The van der Waals surface area contributed by atoms with E-state index in [1.165, 1.54) is 22.3 Å². The number of likely N-dealkylation sites (N-methyl/N-ethyl adjacent to an activating group) is 1. The second-order valence-corrected chi connectivity index (χ2v) is 6.35. The van der Waals surface area contributed by atoms with E-state index in [9.17, 15) is 0 Å². The Bertz CT molecular complexity index is 395. The normalized spacial score (nSPS) is 13.6. The Morgan fingerprint density at radius 1 is 1.11 bits per heavy atom. The highest BCUT2D eigenvalue weighted by Gasteiger charge is 2.19. The number of ether oxygens (including phenoxy) is 1. The zero-order chi connectivity index (χ0) is 14.6. The van der Waals surface area contributed by atoms with E-state index in [2.05, 4.69) is 65.9 Å². The van der Waals surface area contributed by atoms with Gasteiger partial charge in [-0.05, 0) is 64.8 Å². The summed E-state index contributed by atoms with van der Waals surface area (Å²) in [4.78, 5) is 0. The minimum absolute atomic E-state index is 0.0970. The molecule has 0 aliphatic rings. The molecule has 1 rings (SSSR count). The van der Waals surface area contributed by atoms with Crippen LogP contribution in [0.2, 0.25) is 0 Å². The maximum absolute atomic E-state index is 5.98. The summed E-state index contributed by atoms with van der Waals surface area (Å²) in [5, 5.41) is 3.55. The number of aryl methyl sites for hydroxylation is 3. The van der Waals surface area contributed by atoms with Crippen molar-refractivity contribution in [1.29, 1.82) is 0 Å². The molecule has 2 heteroatoms. The van der Waals surface area contributed by atoms with Crippen molar-refractivity contribution < 1.29 is 4.74 Å². The molecule has 0 aliphatic heterocycles. The predicted octanol–water partition coefficient (Wildman–Crippen LogP) is 4.08. The predicted molar refractivity (Wildman–Crippen MR) is 82.8 cm³/mol. The van der Waals surface area contributed by atoms with Crippen molar-refractivity contribution in [2.45, 2.75) is 60.1 Å². The Balaban J connectivity index is 2.99. The highest BCUT2D eigenvalue weighted by atomic mass is 16.5. The first-order valence-electron chi connectivity index (χ1n) is 7.19. The lowest BCUT2D eigenvalue weighted by molar-refractivity contribution is -0.0147. The van der Waals surface area contributed by atoms with E-state index in [-0.39, 0.29) is 11.6 Å². The average Bonchev–Trinajstić information content (AvgIpc) is 2.23. The molecule has 0 saturated heterocycles. The molecule has 2 nitrogen and oxygen atoms in total. The monoisotopic (exact) mass is 263 g/mol. The molecule has 0 fully saturated rings. The average molecular weight is 263 g/mol. The van der Waals surface area contributed by atoms with E-state index in [0.717, 1.165) is 6.54 Å². The van der Waals surface area contributed by atoms with Gasteiger partial charge in [-0.2, -0.15) is 0 Å². The van der Waals surface area contributed by atoms with Gasteiger partial charge in [-0.1, -0.05) is 24.6 Å². The summed E-state index contributed by atoms with van der Waals surface area (Å²) in [7, 11) is 0. The maximum Gasteiger partial charge on any atom is 0.0668 e. The summed E-state index contributed by atoms with van der Waals surface area (Å²) in [6, 6.07) is 4.78. The Hall–Kier alpha value is -0.860. The molecule has 0 amide bonds. The van der Waals surface area contributed by atoms with Gasteiger partial charge in [-0.25, -0.2) is 0 Å². The van der Waals surface area contributed by atoms with E-state index in [1.54, 1.807) is 0 Å². The van der Waals surface area contributed by atoms with Gasteiger partial charge in [0.15, 0.2) is 0 Å². The lowest BCUT2D eigenvalue weighted by Gasteiger charge is -2.27. The second-order valence-electron chi connectivity index (χ2n) is 6.35. The molecule has 1 N–H and O–H groups in total. The van der Waals surface area contributed by atoms with Gasteiger partial charge in [0.1, 0.15) is 0 Å². The molecule has 19 heavy (non-hydrogen) atoms. The third-order valence-corrected chi connectivity index (χ3v) is 3.22. The fourth-order valence-corrected chi connectivity index (χ4v) is 2.56. The first kappa shape index (κ1) is 16.2. The standard InChI is InChI=1S/C17H29NO/c1-8-18-15(11-19-17(5,6)7)16-13(3)9-12(2)10-14(16)4/h9-10,15,18H,8,11H2,1-7H3. The summed E-state index contributed by atoms with van der Waals surface area (Å²) in [5.74, 6) is 0. The Morgan fingerprint density at radius 3 is 2.05 bits per heavy atom. The number of hydrogen-bond donors (Lipinski definition) is 1. The molecule has 1 unspecified atom stereocenters. The van der Waals surface area contributed by atoms with Crippen LogP contribution in [0.25, 0.3) is 0 Å². The van der Waals surface area contributed by atoms with Gasteiger partial charge >= 0.3 is 0 Å². The van der Waals surface area contributed by atoms with E-state index in [4.69, 9.17) is 4.74 Å². The molecule has 0 aliphatic carbocycles. The minimum Gasteiger partial charge on any atom is -0.374 e. The highest BCUT2D eigenvalue weighted by Crippen LogP contribution is 2.25. The summed E-state index contributed by atoms with van der Waals surface area (Å²) in [5.41, 5.74) is 5.31. The van der Waals surface area contributed by atoms with Crippen LogP contribution in [0.5, 0.6) is 0 Å². The van der Waals surface area contributed by atoms with Crippen molar-refractivity contribution in [3.63, 3.8) is 0 Å². The van der Waals surface area contributed by atoms with Gasteiger partial charge in [0.05, 0.1) is 18.2 Å². The SMILES string of the molecule is CCNC(COC(C)(C)C)c1c(C)cc(C)cc1C. The van der Waals surface area contributed by atoms with Gasteiger partial charge in [0.25, 0.3) is 0 Å². The van der Waals surface area contributed by atoms with E-state index < -0.39 is 0 Å². The number of nitrogens with one attached hydrogen (secondary N) is 1. The number of hydrogen-bond acceptors (Lipinski definition) is 2. The van der Waals surface area contributed by atoms with Crippen molar-refractivity contribution in [3.05, 3.63) is 34.4 Å². The van der Waals surface area contributed by atoms with E-state index in [1.807, 2.05) is 0 Å². The minimum atomic E-state index is -0.0970. The lowest BCUT2D eigenvalue weighted by Crippen LogP contribution is -2.31. The Morgan fingerprint density at radius 2 is 1.63 bits per heavy atom. The van der Waals surface area contributed by atoms with Gasteiger partial charge in [0, 0.05) is 0 Å². The maximum atomic E-state index is 5.98. The van der Waals surface area contributed by atoms with Gasteiger partial charge in [-0.3, -0.25) is 0 Å². The summed E-state index contributed by atoms with van der Waals surface area (Å²) < 4.78 is 5.98. The largest absolute Gasteiger partial charge is 0.374 e. The van der Waals surface area contributed by atoms with Crippen molar-refractivity contribution in [1.82, 2.24) is 5.32 Å². The number of rotatable bonds is 5. The third-order valence-electron chi connectivity index (χ3n) is 3.22. The molecule has 108 valence electrons. The number of benzene rings is 1. The Kier molecular flexibility index (Phi) is 5.57. The lowest BCUT2D eigenvalue weighted by atomic mass is 9.94. The second kappa shape index (κ2) is 6.53. The van der Waals surface area contributed by atoms with Crippen LogP contribution in [-0.4, -0.2) is 18.8 Å². The van der Waals surface area contributed by atoms with Gasteiger partial charge in [-0.15, -0.1) is 0 Å². The molecule has 0 saturated carbocycles. The summed E-state index contributed by atoms with van der Waals surface area (Å²) >= 11 is 0. The van der Waals surface area contributed by atoms with Crippen molar-refractivity contribution in [3.8, 4) is 0 Å². The summed E-state index contributed by atoms with van der Waals surface area (Å²) in [6.45, 7) is 16.6. The van der Waals surface area contributed by atoms with Crippen molar-refractivity contribution in [2.24, 2.45) is 0 Å². The van der Waals surface area contributed by atoms with E-state index in [0.29, 0.717) is 6.61 Å². The van der Waals surface area contributed by atoms with Gasteiger partial charge < -0.3 is 10.1 Å². The molecular weight excluding hydrogens is 234 g/mol. The molecule has 0 heterocycles. The molecule has 0 aromatic heterocycles. The zero-order valence-electron chi connectivity index (χ0n) is 13.6. The zero-order valence-corrected chi connectivity index (χ0v) is 13.6. The van der Waals surface area contributed by atoms with Crippen LogP contribution < -0.4 is 5.32 Å². The molecule has 0 bridgehead atoms. The van der Waals surface area contributed by atoms with Crippen LogP contribution in [0.4, 0.5) is 0 Å². The van der Waals surface area contributed by atoms with Crippen LogP contribution >= 0.6 is 0 Å². The molecule has 0 radical (unpaired) electrons. The fourth-order valence-electron chi connectivity index (χ4n) is 2.56. The quantitative estimate of drug-likeness (QED) is 0.864. The van der Waals surface area contributed by atoms with Crippen LogP contribution in [0.15, 0.2) is 12.1 Å². The molecule has 1 aromatic rings. The Labute approximate surface area is 118 Å². The molecule has 1 atom stereocenters. The van der Waals surface area contributed by atoms with Crippen LogP contribution in [0.1, 0.15) is 56.0 Å². The van der Waals surface area contributed by atoms with Crippen molar-refractivity contribution in [2.75, 3.05) is 13.2 Å². The van der Waals surface area contributed by atoms with Crippen LogP contribution in [0, 0.1) is 20.8 Å².